The van der Waals surface area contributed by atoms with Gasteiger partial charge in [0.2, 0.25) is 0 Å². The summed E-state index contributed by atoms with van der Waals surface area (Å²) < 4.78 is 12.5. The Morgan fingerprint density at radius 3 is 1.22 bits per heavy atom. The predicted octanol–water partition coefficient (Wildman–Crippen LogP) is 31.2. The lowest BCUT2D eigenvalue weighted by Gasteiger charge is -2.46. The summed E-state index contributed by atoms with van der Waals surface area (Å²) >= 11 is 3.73. The molecule has 10 heteroatoms. The van der Waals surface area contributed by atoms with E-state index >= 15 is 0 Å². The van der Waals surface area contributed by atoms with Crippen LogP contribution in [0.3, 0.4) is 0 Å². The van der Waals surface area contributed by atoms with E-state index in [-0.39, 0.29) is 10.8 Å². The lowest BCUT2D eigenvalue weighted by molar-refractivity contribution is 0.590. The third kappa shape index (κ3) is 10.8. The molecule has 24 aromatic rings. The normalized spacial score (nSPS) is 12.9. The van der Waals surface area contributed by atoms with Gasteiger partial charge in [-0.15, -0.1) is 22.7 Å². The van der Waals surface area contributed by atoms with Crippen LogP contribution in [0.1, 0.15) is 58.2 Å². The van der Waals surface area contributed by atoms with Gasteiger partial charge in [0.1, 0.15) is 0 Å². The van der Waals surface area contributed by atoms with Crippen LogP contribution in [0.15, 0.2) is 364 Å². The minimum absolute atomic E-state index is 0.315. The van der Waals surface area contributed by atoms with Gasteiger partial charge in [-0.25, -0.2) is 4.85 Å². The first-order valence-electron chi connectivity index (χ1n) is 44.1. The van der Waals surface area contributed by atoms with Crippen LogP contribution >= 0.6 is 22.7 Å². The second kappa shape index (κ2) is 27.5. The molecule has 600 valence electrons. The van der Waals surface area contributed by atoms with E-state index in [2.05, 4.69) is 428 Å². The van der Waals surface area contributed by atoms with Crippen LogP contribution < -0.4 is 26.2 Å². The lowest BCUT2D eigenvalue weighted by atomic mass is 9.33. The van der Waals surface area contributed by atoms with Gasteiger partial charge in [0.25, 0.3) is 6.71 Å². The maximum atomic E-state index is 10.7. The fourth-order valence-corrected chi connectivity index (χ4v) is 24.0. The zero-order valence-electron chi connectivity index (χ0n) is 71.2. The van der Waals surface area contributed by atoms with Gasteiger partial charge in [0.05, 0.1) is 79.6 Å². The molecule has 0 radical (unpaired) electrons. The van der Waals surface area contributed by atoms with Crippen LogP contribution in [-0.2, 0) is 10.8 Å². The molecule has 0 saturated carbocycles. The Kier molecular flexibility index (Phi) is 15.9. The summed E-state index contributed by atoms with van der Waals surface area (Å²) in [6, 6.07) is 140. The molecule has 2 aliphatic heterocycles. The average Bonchev–Trinajstić information content (AvgIpc) is 1.42. The van der Waals surface area contributed by atoms with Crippen molar-refractivity contribution in [2.24, 2.45) is 0 Å². The van der Waals surface area contributed by atoms with Gasteiger partial charge in [-0.1, -0.05) is 278 Å². The molecule has 0 fully saturated rings. The summed E-state index contributed by atoms with van der Waals surface area (Å²) in [5.74, 6) is 0. The van der Waals surface area contributed by atoms with Crippen molar-refractivity contribution in [3.63, 3.8) is 0 Å². The van der Waals surface area contributed by atoms with Crippen LogP contribution in [0.2, 0.25) is 0 Å². The minimum atomic E-state index is -0.452. The molecule has 2 aliphatic rings. The number of nitriles is 1. The van der Waals surface area contributed by atoms with Crippen molar-refractivity contribution in [3.8, 4) is 73.1 Å². The van der Waals surface area contributed by atoms with Crippen LogP contribution in [-0.4, -0.2) is 20.2 Å². The Morgan fingerprint density at radius 2 is 0.719 bits per heavy atom. The van der Waals surface area contributed by atoms with Gasteiger partial charge in [-0.05, 0) is 205 Å². The van der Waals surface area contributed by atoms with Gasteiger partial charge in [-0.2, -0.15) is 5.26 Å². The first-order chi connectivity index (χ1) is 62.7. The van der Waals surface area contributed by atoms with Crippen LogP contribution in [0.4, 0.5) is 39.8 Å². The van der Waals surface area contributed by atoms with E-state index in [9.17, 15) is 5.26 Å². The summed E-state index contributed by atoms with van der Waals surface area (Å²) in [6.45, 7) is 22.2. The number of rotatable bonds is 9. The Labute approximate surface area is 748 Å². The van der Waals surface area contributed by atoms with E-state index in [0.717, 1.165) is 194 Å². The average molecular weight is 1670 g/mol. The number of benzene rings is 18. The molecule has 0 atom stereocenters. The molecule has 0 N–H and O–H groups in total. The summed E-state index contributed by atoms with van der Waals surface area (Å²) in [5, 5.41) is 24.5. The molecule has 26 rings (SSSR count). The highest BCUT2D eigenvalue weighted by atomic mass is 32.1. The lowest BCUT2D eigenvalue weighted by Crippen LogP contribution is -2.61. The van der Waals surface area contributed by atoms with Crippen molar-refractivity contribution in [1.82, 2.24) is 13.5 Å². The second-order valence-electron chi connectivity index (χ2n) is 36.8. The molecule has 0 unspecified atom stereocenters. The molecule has 0 amide bonds. The maximum Gasteiger partial charge on any atom is 0.252 e. The minimum Gasteiger partial charge on any atom is -0.309 e. The first-order valence-corrected chi connectivity index (χ1v) is 45.7. The molecule has 8 heterocycles. The zero-order valence-corrected chi connectivity index (χ0v) is 72.8. The first kappa shape index (κ1) is 73.9. The third-order valence-corrected chi connectivity index (χ3v) is 29.9. The molecule has 0 bridgehead atoms. The van der Waals surface area contributed by atoms with Crippen molar-refractivity contribution >= 4 is 208 Å². The number of anilines is 6. The van der Waals surface area contributed by atoms with Crippen molar-refractivity contribution in [2.45, 2.75) is 52.4 Å². The van der Waals surface area contributed by atoms with E-state index in [4.69, 9.17) is 6.57 Å². The van der Waals surface area contributed by atoms with E-state index in [1.54, 1.807) is 0 Å². The second-order valence-corrected chi connectivity index (χ2v) is 39.0. The molecular formula is C118H78BN7S2. The number of fused-ring (bicyclic) bond motifs is 24. The summed E-state index contributed by atoms with van der Waals surface area (Å²) in [5.41, 5.74) is 33.5. The van der Waals surface area contributed by atoms with Crippen LogP contribution in [0, 0.1) is 17.9 Å². The van der Waals surface area contributed by atoms with Crippen molar-refractivity contribution in [1.29, 1.82) is 5.26 Å². The molecule has 0 spiro atoms. The molecule has 0 saturated heterocycles. The topological polar surface area (TPSA) is 48.9 Å². The number of hydrogen-bond acceptors (Lipinski definition) is 5. The third-order valence-electron chi connectivity index (χ3n) is 27.6. The highest BCUT2D eigenvalue weighted by Gasteiger charge is 2.49. The van der Waals surface area contributed by atoms with Gasteiger partial charge < -0.3 is 23.3 Å². The van der Waals surface area contributed by atoms with Crippen LogP contribution in [0.5, 0.6) is 0 Å². The Bertz CT molecular complexity index is 9010. The Hall–Kier alpha value is -15.6. The zero-order chi connectivity index (χ0) is 85.4. The van der Waals surface area contributed by atoms with Crippen molar-refractivity contribution in [2.75, 3.05) is 9.80 Å². The largest absolute Gasteiger partial charge is 0.309 e. The van der Waals surface area contributed by atoms with Gasteiger partial charge >= 0.3 is 0 Å². The highest BCUT2D eigenvalue weighted by molar-refractivity contribution is 7.26. The van der Waals surface area contributed by atoms with Crippen LogP contribution in [0.25, 0.3) is 194 Å². The molecular weight excluding hydrogens is 1590 g/mol. The van der Waals surface area contributed by atoms with E-state index in [1.165, 1.54) is 56.9 Å². The number of nitrogens with zero attached hydrogens (tertiary/aromatic N) is 7. The van der Waals surface area contributed by atoms with Gasteiger partial charge in [0.15, 0.2) is 5.69 Å². The summed E-state index contributed by atoms with van der Waals surface area (Å²) in [6.07, 6.45) is 0. The maximum absolute atomic E-state index is 10.7. The van der Waals surface area contributed by atoms with Crippen molar-refractivity contribution in [3.05, 3.63) is 392 Å². The van der Waals surface area contributed by atoms with E-state index in [0.29, 0.717) is 11.3 Å². The smallest absolute Gasteiger partial charge is 0.252 e. The molecule has 7 nitrogen and oxygen atoms in total. The Morgan fingerprint density at radius 1 is 0.312 bits per heavy atom. The standard InChI is InChI=1S/C118H78BN7S2/c1-117(2,3)76-61-89(71-29-13-9-14-30-71)112(91(63-76)74-45-50-85-83-35-20-25-41-105(83)127-107(85)59-74)125-103-67-80(123-98-39-23-18-34-82(98)94-65-78(121-7)47-56-101(94)123)49-54-95(103)119-96-53-48-79(122-97-38-22-17-33-81(97)93-57-69(68-120)43-55-100(93)122)66-104(96)126(116-110-88-52-44-73(70-27-11-8-12-28-70)58-102(88)124-99-40-24-19-37-87(99)109(114(110)124)115(125)111(116)119)113-90(72-31-15-10-16-32-72)62-77(118(4,5)6)64-92(113)75-46-51-86-84-36-21-26-42-106(84)128-108(86)60-75/h8-67H,1-6H3. The fraction of sp³-hybridized carbons (Fsp3) is 0.0678. The SMILES string of the molecule is [C-]#[N+]c1ccc2c(c1)c1ccccc1n2-c1ccc2c(c1)N(c1c(-c3ccccc3)cc(C(C)(C)C)cc1-c1ccc3c(c1)sc1ccccc13)c1c3c(c4c5ccc(-c6ccccc6)cc5n5c6ccccc6c1c45)N(c1c(-c4ccccc4)cc(C(C)(C)C)cc1-c1ccc4c(c1)sc1ccccc14)c1cc(-n4c5ccccc5c5cc(C#N)ccc54)ccc1B23. The van der Waals surface area contributed by atoms with Gasteiger partial charge in [-0.3, -0.25) is 0 Å². The van der Waals surface area contributed by atoms with E-state index < -0.39 is 6.71 Å². The number of thiophene rings is 2. The number of hydrogen-bond donors (Lipinski definition) is 0. The molecule has 128 heavy (non-hydrogen) atoms. The Balaban J connectivity index is 0.906. The van der Waals surface area contributed by atoms with Gasteiger partial charge in [0, 0.05) is 123 Å². The number of para-hydroxylation sites is 3. The monoisotopic (exact) mass is 1670 g/mol. The highest BCUT2D eigenvalue weighted by Crippen LogP contribution is 2.61. The van der Waals surface area contributed by atoms with E-state index in [1.807, 2.05) is 34.8 Å². The quantitative estimate of drug-likeness (QED) is 0.107. The summed E-state index contributed by atoms with van der Waals surface area (Å²) in [4.78, 5) is 9.66. The summed E-state index contributed by atoms with van der Waals surface area (Å²) in [7, 11) is 0. The molecule has 0 aliphatic carbocycles. The van der Waals surface area contributed by atoms with Crippen molar-refractivity contribution < 1.29 is 0 Å². The predicted molar refractivity (Wildman–Crippen MR) is 545 cm³/mol. The fourth-order valence-electron chi connectivity index (χ4n) is 21.7. The molecule has 18 aromatic carbocycles. The number of aromatic nitrogens is 3. The molecule has 6 aromatic heterocycles.